The average Bonchev–Trinajstić information content (AvgIpc) is 2.68. The second-order valence-electron chi connectivity index (χ2n) is 3.49. The first-order valence-electron chi connectivity index (χ1n) is 5.00. The molecule has 1 aromatic carbocycles. The standard InChI is InChI=1S/C11H14N2O2/c12-6-5-8-7-15-11(13-8)9-3-1-2-4-10(9)14/h1-4,8,14H,5-7,12H2. The van der Waals surface area contributed by atoms with Crippen molar-refractivity contribution in [1.82, 2.24) is 0 Å². The van der Waals surface area contributed by atoms with Gasteiger partial charge in [0.25, 0.3) is 0 Å². The van der Waals surface area contributed by atoms with Crippen LogP contribution in [0.2, 0.25) is 0 Å². The van der Waals surface area contributed by atoms with Crippen LogP contribution in [0, 0.1) is 0 Å². The zero-order chi connectivity index (χ0) is 10.7. The lowest BCUT2D eigenvalue weighted by Crippen LogP contribution is -2.12. The number of hydrogen-bond donors (Lipinski definition) is 2. The van der Waals surface area contributed by atoms with E-state index in [9.17, 15) is 5.11 Å². The van der Waals surface area contributed by atoms with Crippen LogP contribution in [0.15, 0.2) is 29.3 Å². The Balaban J connectivity index is 2.19. The minimum absolute atomic E-state index is 0.129. The highest BCUT2D eigenvalue weighted by Crippen LogP contribution is 2.21. The van der Waals surface area contributed by atoms with Crippen molar-refractivity contribution in [3.63, 3.8) is 0 Å². The third-order valence-corrected chi connectivity index (χ3v) is 2.35. The summed E-state index contributed by atoms with van der Waals surface area (Å²) in [5, 5.41) is 9.60. The van der Waals surface area contributed by atoms with Gasteiger partial charge in [-0.05, 0) is 25.1 Å². The summed E-state index contributed by atoms with van der Waals surface area (Å²) < 4.78 is 5.42. The van der Waals surface area contributed by atoms with Crippen molar-refractivity contribution in [1.29, 1.82) is 0 Å². The van der Waals surface area contributed by atoms with E-state index in [1.54, 1.807) is 18.2 Å². The van der Waals surface area contributed by atoms with Gasteiger partial charge in [-0.2, -0.15) is 0 Å². The quantitative estimate of drug-likeness (QED) is 0.771. The van der Waals surface area contributed by atoms with Crippen LogP contribution in [0.25, 0.3) is 0 Å². The number of nitrogens with zero attached hydrogens (tertiary/aromatic N) is 1. The maximum atomic E-state index is 9.60. The van der Waals surface area contributed by atoms with Gasteiger partial charge >= 0.3 is 0 Å². The van der Waals surface area contributed by atoms with E-state index >= 15 is 0 Å². The molecule has 1 aromatic rings. The molecule has 15 heavy (non-hydrogen) atoms. The average molecular weight is 206 g/mol. The third kappa shape index (κ3) is 2.10. The van der Waals surface area contributed by atoms with Crippen molar-refractivity contribution in [2.24, 2.45) is 10.7 Å². The topological polar surface area (TPSA) is 67.8 Å². The van der Waals surface area contributed by atoms with E-state index in [2.05, 4.69) is 4.99 Å². The highest BCUT2D eigenvalue weighted by molar-refractivity contribution is 5.97. The molecule has 4 nitrogen and oxygen atoms in total. The fourth-order valence-corrected chi connectivity index (χ4v) is 1.56. The van der Waals surface area contributed by atoms with Gasteiger partial charge in [0.1, 0.15) is 12.4 Å². The lowest BCUT2D eigenvalue weighted by atomic mass is 10.2. The first kappa shape index (κ1) is 9.98. The minimum atomic E-state index is 0.129. The molecule has 80 valence electrons. The predicted octanol–water partition coefficient (Wildman–Crippen LogP) is 0.886. The SMILES string of the molecule is NCCC1COC(c2ccccc2O)=N1. The van der Waals surface area contributed by atoms with Crippen LogP contribution in [0.3, 0.4) is 0 Å². The van der Waals surface area contributed by atoms with E-state index in [4.69, 9.17) is 10.5 Å². The fraction of sp³-hybridized carbons (Fsp3) is 0.364. The number of phenols is 1. The molecule has 1 heterocycles. The summed E-state index contributed by atoms with van der Waals surface area (Å²) >= 11 is 0. The minimum Gasteiger partial charge on any atom is -0.507 e. The molecule has 1 unspecified atom stereocenters. The van der Waals surface area contributed by atoms with E-state index in [0.717, 1.165) is 6.42 Å². The molecule has 0 aliphatic carbocycles. The van der Waals surface area contributed by atoms with Crippen LogP contribution in [0.1, 0.15) is 12.0 Å². The zero-order valence-corrected chi connectivity index (χ0v) is 8.39. The highest BCUT2D eigenvalue weighted by Gasteiger charge is 2.20. The van der Waals surface area contributed by atoms with E-state index in [-0.39, 0.29) is 11.8 Å². The Morgan fingerprint density at radius 3 is 3.00 bits per heavy atom. The Kier molecular flexibility index (Phi) is 2.87. The number of benzene rings is 1. The first-order chi connectivity index (χ1) is 7.31. The molecule has 0 saturated carbocycles. The summed E-state index contributed by atoms with van der Waals surface area (Å²) in [6.45, 7) is 1.16. The van der Waals surface area contributed by atoms with Gasteiger partial charge in [0.05, 0.1) is 11.6 Å². The number of aliphatic imine (C=N–C) groups is 1. The monoisotopic (exact) mass is 206 g/mol. The summed E-state index contributed by atoms with van der Waals surface area (Å²) in [4.78, 5) is 4.36. The summed E-state index contributed by atoms with van der Waals surface area (Å²) in [6.07, 6.45) is 0.817. The molecule has 0 bridgehead atoms. The zero-order valence-electron chi connectivity index (χ0n) is 8.39. The third-order valence-electron chi connectivity index (χ3n) is 2.35. The Hall–Kier alpha value is -1.55. The van der Waals surface area contributed by atoms with E-state index in [1.165, 1.54) is 0 Å². The second kappa shape index (κ2) is 4.31. The Morgan fingerprint density at radius 1 is 1.47 bits per heavy atom. The van der Waals surface area contributed by atoms with Crippen LogP contribution in [0.5, 0.6) is 5.75 Å². The van der Waals surface area contributed by atoms with Crippen molar-refractivity contribution in [2.45, 2.75) is 12.5 Å². The lowest BCUT2D eigenvalue weighted by molar-refractivity contribution is 0.312. The number of para-hydroxylation sites is 1. The van der Waals surface area contributed by atoms with Crippen molar-refractivity contribution in [3.8, 4) is 5.75 Å². The molecule has 2 rings (SSSR count). The van der Waals surface area contributed by atoms with Crippen LogP contribution in [-0.2, 0) is 4.74 Å². The van der Waals surface area contributed by atoms with Gasteiger partial charge in [-0.15, -0.1) is 0 Å². The van der Waals surface area contributed by atoms with Crippen molar-refractivity contribution >= 4 is 5.90 Å². The van der Waals surface area contributed by atoms with Crippen LogP contribution in [-0.4, -0.2) is 30.2 Å². The van der Waals surface area contributed by atoms with Gasteiger partial charge in [-0.25, -0.2) is 4.99 Å². The molecular formula is C11H14N2O2. The smallest absolute Gasteiger partial charge is 0.220 e. The molecule has 1 aliphatic rings. The number of rotatable bonds is 3. The summed E-state index contributed by atoms with van der Waals surface area (Å²) in [6, 6.07) is 7.16. The van der Waals surface area contributed by atoms with Gasteiger partial charge in [-0.3, -0.25) is 0 Å². The van der Waals surface area contributed by atoms with Crippen LogP contribution < -0.4 is 5.73 Å². The Morgan fingerprint density at radius 2 is 2.27 bits per heavy atom. The fourth-order valence-electron chi connectivity index (χ4n) is 1.56. The normalized spacial score (nSPS) is 19.8. The molecule has 0 radical (unpaired) electrons. The van der Waals surface area contributed by atoms with Gasteiger partial charge in [0, 0.05) is 0 Å². The van der Waals surface area contributed by atoms with E-state index in [1.807, 2.05) is 6.07 Å². The molecule has 1 aliphatic heterocycles. The maximum absolute atomic E-state index is 9.60. The number of aromatic hydroxyl groups is 1. The predicted molar refractivity (Wildman–Crippen MR) is 58.1 cm³/mol. The highest BCUT2D eigenvalue weighted by atomic mass is 16.5. The molecular weight excluding hydrogens is 192 g/mol. The van der Waals surface area contributed by atoms with Crippen LogP contribution >= 0.6 is 0 Å². The molecule has 0 spiro atoms. The maximum Gasteiger partial charge on any atom is 0.220 e. The summed E-state index contributed by atoms with van der Waals surface area (Å²) in [5.74, 6) is 0.719. The van der Waals surface area contributed by atoms with Gasteiger partial charge in [-0.1, -0.05) is 12.1 Å². The summed E-state index contributed by atoms with van der Waals surface area (Å²) in [5.41, 5.74) is 6.10. The van der Waals surface area contributed by atoms with E-state index < -0.39 is 0 Å². The van der Waals surface area contributed by atoms with Gasteiger partial charge < -0.3 is 15.6 Å². The van der Waals surface area contributed by atoms with Gasteiger partial charge in [0.2, 0.25) is 5.90 Å². The molecule has 3 N–H and O–H groups in total. The number of ether oxygens (including phenoxy) is 1. The number of nitrogens with two attached hydrogens (primary N) is 1. The number of hydrogen-bond acceptors (Lipinski definition) is 4. The second-order valence-corrected chi connectivity index (χ2v) is 3.49. The summed E-state index contributed by atoms with van der Waals surface area (Å²) in [7, 11) is 0. The van der Waals surface area contributed by atoms with Crippen molar-refractivity contribution < 1.29 is 9.84 Å². The van der Waals surface area contributed by atoms with Crippen LogP contribution in [0.4, 0.5) is 0 Å². The van der Waals surface area contributed by atoms with Crippen molar-refractivity contribution in [3.05, 3.63) is 29.8 Å². The molecule has 1 atom stereocenters. The molecule has 0 aromatic heterocycles. The molecule has 0 saturated heterocycles. The van der Waals surface area contributed by atoms with Crippen molar-refractivity contribution in [2.75, 3.05) is 13.2 Å². The Labute approximate surface area is 88.4 Å². The van der Waals surface area contributed by atoms with E-state index in [0.29, 0.717) is 24.6 Å². The molecule has 0 amide bonds. The Bertz CT molecular complexity index is 377. The molecule has 4 heteroatoms. The first-order valence-corrected chi connectivity index (χ1v) is 5.00. The largest absolute Gasteiger partial charge is 0.507 e. The number of phenolic OH excluding ortho intramolecular Hbond substituents is 1. The molecule has 0 fully saturated rings. The van der Waals surface area contributed by atoms with Gasteiger partial charge in [0.15, 0.2) is 0 Å². The lowest BCUT2D eigenvalue weighted by Gasteiger charge is -2.02.